The van der Waals surface area contributed by atoms with E-state index in [4.69, 9.17) is 22.4 Å². The predicted octanol–water partition coefficient (Wildman–Crippen LogP) is 1.48. The summed E-state index contributed by atoms with van der Waals surface area (Å²) in [4.78, 5) is -0.658. The Labute approximate surface area is 117 Å². The van der Waals surface area contributed by atoms with Gasteiger partial charge < -0.3 is 10.8 Å². The second-order valence-corrected chi connectivity index (χ2v) is 6.53. The van der Waals surface area contributed by atoms with Crippen molar-refractivity contribution in [3.8, 4) is 0 Å². The molecule has 0 bridgehead atoms. The van der Waals surface area contributed by atoms with Crippen LogP contribution >= 0.6 is 27.5 Å². The highest BCUT2D eigenvalue weighted by atomic mass is 79.9. The van der Waals surface area contributed by atoms with Crippen molar-refractivity contribution < 1.29 is 17.9 Å². The van der Waals surface area contributed by atoms with Crippen molar-refractivity contribution in [1.82, 2.24) is 4.72 Å². The molecule has 0 heterocycles. The lowest BCUT2D eigenvalue weighted by molar-refractivity contribution is 0.198. The van der Waals surface area contributed by atoms with Gasteiger partial charge in [-0.1, -0.05) is 11.6 Å². The molecule has 0 unspecified atom stereocenters. The Morgan fingerprint density at radius 3 is 2.72 bits per heavy atom. The Morgan fingerprint density at radius 2 is 2.22 bits per heavy atom. The highest BCUT2D eigenvalue weighted by Gasteiger charge is 2.24. The molecule has 5 nitrogen and oxygen atoms in total. The molecule has 0 saturated carbocycles. The predicted molar refractivity (Wildman–Crippen MR) is 70.4 cm³/mol. The number of sulfonamides is 1. The van der Waals surface area contributed by atoms with Crippen molar-refractivity contribution >= 4 is 43.2 Å². The number of aliphatic hydroxyl groups excluding tert-OH is 1. The standard InChI is InChI=1S/C9H11BrClFN2O3S/c1-4(15)3-14-18(16,17)6-2-5(11)7(10)9(13)8(6)12/h2,4,14-15H,3,13H2,1H3/t4-/m1/s1. The van der Waals surface area contributed by atoms with Crippen LogP contribution < -0.4 is 10.5 Å². The summed E-state index contributed by atoms with van der Waals surface area (Å²) in [6.07, 6.45) is -0.897. The van der Waals surface area contributed by atoms with Crippen LogP contribution in [0, 0.1) is 5.82 Å². The summed E-state index contributed by atoms with van der Waals surface area (Å²) in [5.41, 5.74) is 5.00. The molecule has 0 fully saturated rings. The van der Waals surface area contributed by atoms with Crippen molar-refractivity contribution in [2.45, 2.75) is 17.9 Å². The summed E-state index contributed by atoms with van der Waals surface area (Å²) >= 11 is 8.67. The Hall–Kier alpha value is -0.410. The summed E-state index contributed by atoms with van der Waals surface area (Å²) < 4.78 is 39.5. The molecule has 0 amide bonds. The van der Waals surface area contributed by atoms with E-state index in [1.807, 2.05) is 4.72 Å². The average Bonchev–Trinajstić information content (AvgIpc) is 2.28. The Balaban J connectivity index is 3.25. The lowest BCUT2D eigenvalue weighted by Gasteiger charge is -2.12. The molecular weight excluding hydrogens is 351 g/mol. The first-order valence-electron chi connectivity index (χ1n) is 4.77. The van der Waals surface area contributed by atoms with Gasteiger partial charge in [0.05, 0.1) is 21.3 Å². The number of nitrogens with two attached hydrogens (primary N) is 1. The first-order valence-corrected chi connectivity index (χ1v) is 7.43. The molecule has 0 radical (unpaired) electrons. The SMILES string of the molecule is C[C@@H](O)CNS(=O)(=O)c1cc(Cl)c(Br)c(N)c1F. The summed E-state index contributed by atoms with van der Waals surface area (Å²) in [6.45, 7) is 1.15. The number of nitrogen functional groups attached to an aromatic ring is 1. The monoisotopic (exact) mass is 360 g/mol. The van der Waals surface area contributed by atoms with Crippen LogP contribution in [0.15, 0.2) is 15.4 Å². The van der Waals surface area contributed by atoms with E-state index in [1.165, 1.54) is 6.92 Å². The van der Waals surface area contributed by atoms with Gasteiger partial charge in [-0.15, -0.1) is 0 Å². The highest BCUT2D eigenvalue weighted by molar-refractivity contribution is 9.10. The van der Waals surface area contributed by atoms with Gasteiger partial charge in [-0.25, -0.2) is 17.5 Å². The van der Waals surface area contributed by atoms with Gasteiger partial charge in [0.1, 0.15) is 4.90 Å². The molecule has 18 heavy (non-hydrogen) atoms. The number of nitrogens with one attached hydrogen (secondary N) is 1. The van der Waals surface area contributed by atoms with Gasteiger partial charge in [-0.3, -0.25) is 0 Å². The van der Waals surface area contributed by atoms with Crippen LogP contribution in [0.5, 0.6) is 0 Å². The van der Waals surface area contributed by atoms with Crippen LogP contribution in [0.1, 0.15) is 6.92 Å². The summed E-state index contributed by atoms with van der Waals surface area (Å²) in [6, 6.07) is 0.946. The molecule has 9 heteroatoms. The largest absolute Gasteiger partial charge is 0.395 e. The Bertz CT molecular complexity index is 565. The molecule has 0 aromatic heterocycles. The number of benzene rings is 1. The van der Waals surface area contributed by atoms with Crippen LogP contribution in [-0.2, 0) is 10.0 Å². The van der Waals surface area contributed by atoms with Gasteiger partial charge >= 0.3 is 0 Å². The number of hydrogen-bond donors (Lipinski definition) is 3. The van der Waals surface area contributed by atoms with Crippen molar-refractivity contribution in [2.24, 2.45) is 0 Å². The zero-order chi connectivity index (χ0) is 14.1. The normalized spacial score (nSPS) is 13.6. The van der Waals surface area contributed by atoms with Crippen molar-refractivity contribution in [1.29, 1.82) is 0 Å². The zero-order valence-electron chi connectivity index (χ0n) is 9.25. The molecule has 0 aliphatic rings. The maximum atomic E-state index is 13.8. The molecule has 0 spiro atoms. The van der Waals surface area contributed by atoms with Gasteiger partial charge in [0, 0.05) is 6.54 Å². The molecule has 4 N–H and O–H groups in total. The van der Waals surface area contributed by atoms with Crippen LogP contribution in [0.3, 0.4) is 0 Å². The third-order valence-corrected chi connectivity index (χ3v) is 4.82. The first-order chi connectivity index (χ1) is 8.16. The quantitative estimate of drug-likeness (QED) is 0.559. The average molecular weight is 362 g/mol. The van der Waals surface area contributed by atoms with E-state index in [1.54, 1.807) is 0 Å². The first kappa shape index (κ1) is 15.6. The molecule has 1 rings (SSSR count). The van der Waals surface area contributed by atoms with Crippen LogP contribution in [0.25, 0.3) is 0 Å². The van der Waals surface area contributed by atoms with Gasteiger partial charge in [-0.05, 0) is 28.9 Å². The fourth-order valence-electron chi connectivity index (χ4n) is 1.10. The molecule has 0 saturated heterocycles. The number of rotatable bonds is 4. The molecule has 102 valence electrons. The second-order valence-electron chi connectivity index (χ2n) is 3.60. The van der Waals surface area contributed by atoms with Crippen molar-refractivity contribution in [3.63, 3.8) is 0 Å². The number of anilines is 1. The van der Waals surface area contributed by atoms with E-state index >= 15 is 0 Å². The third-order valence-electron chi connectivity index (χ3n) is 2.02. The summed E-state index contributed by atoms with van der Waals surface area (Å²) in [7, 11) is -4.12. The second kappa shape index (κ2) is 5.70. The Kier molecular flexibility index (Phi) is 4.96. The minimum absolute atomic E-state index is 0.0219. The minimum atomic E-state index is -4.12. The van der Waals surface area contributed by atoms with Crippen molar-refractivity contribution in [2.75, 3.05) is 12.3 Å². The van der Waals surface area contributed by atoms with Crippen LogP contribution in [0.2, 0.25) is 5.02 Å². The molecule has 1 atom stereocenters. The van der Waals surface area contributed by atoms with Gasteiger partial charge in [-0.2, -0.15) is 0 Å². The van der Waals surface area contributed by atoms with Crippen LogP contribution in [-0.4, -0.2) is 26.2 Å². The van der Waals surface area contributed by atoms with E-state index in [-0.39, 0.29) is 21.7 Å². The molecular formula is C9H11BrClFN2O3S. The lowest BCUT2D eigenvalue weighted by atomic mass is 10.3. The molecule has 1 aromatic rings. The van der Waals surface area contributed by atoms with Crippen molar-refractivity contribution in [3.05, 3.63) is 21.4 Å². The Morgan fingerprint density at radius 1 is 1.67 bits per heavy atom. The highest BCUT2D eigenvalue weighted by Crippen LogP contribution is 2.34. The van der Waals surface area contributed by atoms with E-state index in [9.17, 15) is 12.8 Å². The van der Waals surface area contributed by atoms with E-state index in [0.717, 1.165) is 6.07 Å². The van der Waals surface area contributed by atoms with Gasteiger partial charge in [0.2, 0.25) is 10.0 Å². The minimum Gasteiger partial charge on any atom is -0.395 e. The van der Waals surface area contributed by atoms with Gasteiger partial charge in [0.15, 0.2) is 5.82 Å². The van der Waals surface area contributed by atoms with E-state index < -0.39 is 26.8 Å². The fraction of sp³-hybridized carbons (Fsp3) is 0.333. The van der Waals surface area contributed by atoms with E-state index in [2.05, 4.69) is 15.9 Å². The van der Waals surface area contributed by atoms with Gasteiger partial charge in [0.25, 0.3) is 0 Å². The smallest absolute Gasteiger partial charge is 0.243 e. The molecule has 0 aliphatic heterocycles. The fourth-order valence-corrected chi connectivity index (χ4v) is 2.90. The molecule has 1 aromatic carbocycles. The zero-order valence-corrected chi connectivity index (χ0v) is 12.4. The summed E-state index contributed by atoms with van der Waals surface area (Å²) in [5, 5.41) is 8.98. The third kappa shape index (κ3) is 3.33. The number of aliphatic hydroxyl groups is 1. The number of hydrogen-bond acceptors (Lipinski definition) is 4. The summed E-state index contributed by atoms with van der Waals surface area (Å²) in [5.74, 6) is -1.09. The molecule has 0 aliphatic carbocycles. The van der Waals surface area contributed by atoms with E-state index in [0.29, 0.717) is 0 Å². The van der Waals surface area contributed by atoms with Crippen LogP contribution in [0.4, 0.5) is 10.1 Å². The maximum Gasteiger partial charge on any atom is 0.243 e. The maximum absolute atomic E-state index is 13.8. The topological polar surface area (TPSA) is 92.4 Å². The lowest BCUT2D eigenvalue weighted by Crippen LogP contribution is -2.31. The number of halogens is 3.